The molecule has 1 amide bonds. The minimum absolute atomic E-state index is 0.0162. The molecule has 0 aliphatic carbocycles. The van der Waals surface area contributed by atoms with Gasteiger partial charge in [-0.15, -0.1) is 0 Å². The Balaban J connectivity index is 3.10. The van der Waals surface area contributed by atoms with Crippen LogP contribution >= 0.6 is 0 Å². The van der Waals surface area contributed by atoms with Crippen LogP contribution in [0.4, 0.5) is 5.95 Å². The summed E-state index contributed by atoms with van der Waals surface area (Å²) in [7, 11) is 1.22. The summed E-state index contributed by atoms with van der Waals surface area (Å²) in [6.07, 6.45) is 1.68. The van der Waals surface area contributed by atoms with Crippen LogP contribution in [0.3, 0.4) is 0 Å². The van der Waals surface area contributed by atoms with Crippen molar-refractivity contribution in [1.29, 1.82) is 0 Å². The lowest BCUT2D eigenvalue weighted by Gasteiger charge is -2.01. The number of carboxylic acids is 1. The van der Waals surface area contributed by atoms with Crippen LogP contribution in [0.1, 0.15) is 5.69 Å². The molecule has 0 aliphatic heterocycles. The van der Waals surface area contributed by atoms with E-state index in [9.17, 15) is 9.59 Å². The maximum Gasteiger partial charge on any atom is 0.360 e. The summed E-state index contributed by atoms with van der Waals surface area (Å²) in [5.74, 6) is -1.31. The lowest BCUT2D eigenvalue weighted by atomic mass is 10.2. The van der Waals surface area contributed by atoms with E-state index in [0.29, 0.717) is 6.41 Å². The van der Waals surface area contributed by atoms with Crippen molar-refractivity contribution in [2.75, 3.05) is 12.4 Å². The van der Waals surface area contributed by atoms with Crippen molar-refractivity contribution >= 4 is 24.0 Å². The zero-order chi connectivity index (χ0) is 12.0. The van der Waals surface area contributed by atoms with Gasteiger partial charge in [-0.05, 0) is 6.07 Å². The van der Waals surface area contributed by atoms with E-state index < -0.39 is 5.97 Å². The van der Waals surface area contributed by atoms with Crippen LogP contribution < -0.4 is 5.32 Å². The third kappa shape index (κ3) is 2.74. The van der Waals surface area contributed by atoms with Crippen molar-refractivity contribution in [3.63, 3.8) is 0 Å². The molecule has 0 saturated heterocycles. The number of hydrogen-bond donors (Lipinski definition) is 2. The van der Waals surface area contributed by atoms with Gasteiger partial charge in [0.15, 0.2) is 0 Å². The van der Waals surface area contributed by atoms with Crippen LogP contribution in [0.25, 0.3) is 0 Å². The fourth-order valence-electron chi connectivity index (χ4n) is 0.899. The molecule has 8 nitrogen and oxygen atoms in total. The van der Waals surface area contributed by atoms with Crippen molar-refractivity contribution in [3.05, 3.63) is 18.0 Å². The maximum atomic E-state index is 10.8. The number of aromatic nitrogens is 2. The number of hydrogen-bond acceptors (Lipinski definition) is 6. The van der Waals surface area contributed by atoms with Crippen LogP contribution in [0.5, 0.6) is 0 Å². The minimum Gasteiger partial charge on any atom is -0.476 e. The second-order valence-electron chi connectivity index (χ2n) is 2.46. The Morgan fingerprint density at radius 1 is 1.69 bits per heavy atom. The zero-order valence-electron chi connectivity index (χ0n) is 8.25. The molecule has 1 rings (SSSR count). The van der Waals surface area contributed by atoms with Crippen molar-refractivity contribution in [1.82, 2.24) is 9.97 Å². The van der Waals surface area contributed by atoms with Crippen LogP contribution in [-0.4, -0.2) is 40.3 Å². The highest BCUT2D eigenvalue weighted by Crippen LogP contribution is 2.02. The number of nitrogens with zero attached hydrogens (tertiary/aromatic N) is 3. The van der Waals surface area contributed by atoms with Gasteiger partial charge in [0.05, 0.1) is 0 Å². The van der Waals surface area contributed by atoms with Gasteiger partial charge in [-0.2, -0.15) is 0 Å². The Labute approximate surface area is 90.0 Å². The first-order valence-electron chi connectivity index (χ1n) is 4.07. The average Bonchev–Trinajstić information content (AvgIpc) is 2.26. The van der Waals surface area contributed by atoms with Gasteiger partial charge >= 0.3 is 5.97 Å². The van der Waals surface area contributed by atoms with E-state index in [1.165, 1.54) is 19.4 Å². The molecular weight excluding hydrogens is 216 g/mol. The summed E-state index contributed by atoms with van der Waals surface area (Å²) in [6.45, 7) is 0. The third-order valence-corrected chi connectivity index (χ3v) is 1.47. The van der Waals surface area contributed by atoms with Crippen LogP contribution in [-0.2, 0) is 14.4 Å². The zero-order valence-corrected chi connectivity index (χ0v) is 8.25. The highest BCUT2D eigenvalue weighted by Gasteiger charge is 2.15. The van der Waals surface area contributed by atoms with Gasteiger partial charge in [0.2, 0.25) is 18.1 Å². The summed E-state index contributed by atoms with van der Waals surface area (Å²) in [6, 6.07) is 1.34. The Morgan fingerprint density at radius 3 is 3.00 bits per heavy atom. The van der Waals surface area contributed by atoms with Gasteiger partial charge < -0.3 is 9.94 Å². The standard InChI is InChI=1S/C8H8N4O4/c1-16-12-6(7(14)15)5-2-3-9-8(11-5)10-4-13/h2-4H,1H3,(H,14,15)(H,9,10,11,13)/b12-6-. The normalized spacial score (nSPS) is 10.7. The van der Waals surface area contributed by atoms with Gasteiger partial charge in [-0.25, -0.2) is 14.8 Å². The van der Waals surface area contributed by atoms with E-state index in [-0.39, 0.29) is 17.4 Å². The van der Waals surface area contributed by atoms with Crippen LogP contribution in [0.15, 0.2) is 17.4 Å². The first-order valence-corrected chi connectivity index (χ1v) is 4.07. The first-order chi connectivity index (χ1) is 7.69. The van der Waals surface area contributed by atoms with Crippen molar-refractivity contribution in [2.24, 2.45) is 5.16 Å². The molecule has 8 heteroatoms. The van der Waals surface area contributed by atoms with Crippen LogP contribution in [0, 0.1) is 0 Å². The smallest absolute Gasteiger partial charge is 0.360 e. The monoisotopic (exact) mass is 224 g/mol. The van der Waals surface area contributed by atoms with E-state index >= 15 is 0 Å². The number of oxime groups is 1. The van der Waals surface area contributed by atoms with Gasteiger partial charge in [-0.3, -0.25) is 10.1 Å². The Bertz CT molecular complexity index is 432. The second kappa shape index (κ2) is 5.39. The number of nitrogens with one attached hydrogen (secondary N) is 1. The summed E-state index contributed by atoms with van der Waals surface area (Å²) >= 11 is 0. The van der Waals surface area contributed by atoms with Crippen molar-refractivity contribution in [3.8, 4) is 0 Å². The molecule has 0 atom stereocenters. The molecule has 0 saturated carbocycles. The summed E-state index contributed by atoms with van der Waals surface area (Å²) in [4.78, 5) is 32.8. The maximum absolute atomic E-state index is 10.8. The van der Waals surface area contributed by atoms with E-state index in [2.05, 4.69) is 25.3 Å². The van der Waals surface area contributed by atoms with Gasteiger partial charge in [0, 0.05) is 6.20 Å². The molecule has 84 valence electrons. The number of carbonyl (C=O) groups is 2. The highest BCUT2D eigenvalue weighted by molar-refractivity contribution is 6.41. The molecule has 1 aromatic rings. The van der Waals surface area contributed by atoms with Crippen LogP contribution in [0.2, 0.25) is 0 Å². The molecule has 16 heavy (non-hydrogen) atoms. The third-order valence-electron chi connectivity index (χ3n) is 1.47. The number of carbonyl (C=O) groups excluding carboxylic acids is 1. The number of anilines is 1. The van der Waals surface area contributed by atoms with E-state index in [0.717, 1.165) is 0 Å². The Morgan fingerprint density at radius 2 is 2.44 bits per heavy atom. The predicted molar refractivity (Wildman–Crippen MR) is 52.9 cm³/mol. The fraction of sp³-hybridized carbons (Fsp3) is 0.125. The lowest BCUT2D eigenvalue weighted by molar-refractivity contribution is -0.129. The number of aliphatic carboxylic acids is 1. The quantitative estimate of drug-likeness (QED) is 0.395. The predicted octanol–water partition coefficient (Wildman–Crippen LogP) is -0.520. The average molecular weight is 224 g/mol. The molecule has 0 spiro atoms. The largest absolute Gasteiger partial charge is 0.476 e. The highest BCUT2D eigenvalue weighted by atomic mass is 16.6. The number of carboxylic acid groups (broad SMARTS) is 1. The van der Waals surface area contributed by atoms with Crippen molar-refractivity contribution in [2.45, 2.75) is 0 Å². The van der Waals surface area contributed by atoms with Gasteiger partial charge in [-0.1, -0.05) is 5.16 Å². The molecule has 0 radical (unpaired) electrons. The fourth-order valence-corrected chi connectivity index (χ4v) is 0.899. The van der Waals surface area contributed by atoms with Crippen molar-refractivity contribution < 1.29 is 19.5 Å². The minimum atomic E-state index is -1.29. The Hall–Kier alpha value is -2.51. The summed E-state index contributed by atoms with van der Waals surface area (Å²) in [5, 5.41) is 14.3. The van der Waals surface area contributed by atoms with Gasteiger partial charge in [0.1, 0.15) is 12.8 Å². The SMILES string of the molecule is CO/N=C(\C(=O)O)c1ccnc(NC=O)n1. The molecule has 0 fully saturated rings. The Kier molecular flexibility index (Phi) is 3.90. The van der Waals surface area contributed by atoms with E-state index in [1.807, 2.05) is 0 Å². The topological polar surface area (TPSA) is 114 Å². The number of rotatable bonds is 5. The lowest BCUT2D eigenvalue weighted by Crippen LogP contribution is -2.17. The molecule has 2 N–H and O–H groups in total. The molecule has 0 aromatic carbocycles. The molecule has 1 heterocycles. The molecule has 0 aliphatic rings. The van der Waals surface area contributed by atoms with Gasteiger partial charge in [0.25, 0.3) is 0 Å². The summed E-state index contributed by atoms with van der Waals surface area (Å²) in [5.41, 5.74) is -0.340. The second-order valence-corrected chi connectivity index (χ2v) is 2.46. The van der Waals surface area contributed by atoms with E-state index in [4.69, 9.17) is 5.11 Å². The van der Waals surface area contributed by atoms with E-state index in [1.54, 1.807) is 0 Å². The molecular formula is C8H8N4O4. The molecule has 0 unspecified atom stereocenters. The molecule has 1 aromatic heterocycles. The summed E-state index contributed by atoms with van der Waals surface area (Å²) < 4.78 is 0. The molecule has 0 bridgehead atoms. The number of amides is 1. The first kappa shape index (κ1) is 11.6.